The van der Waals surface area contributed by atoms with Crippen LogP contribution < -0.4 is 11.5 Å². The molecule has 0 bridgehead atoms. The van der Waals surface area contributed by atoms with Gasteiger partial charge < -0.3 is 21.4 Å². The number of H-pyrrole nitrogens is 1. The van der Waals surface area contributed by atoms with Crippen molar-refractivity contribution in [1.29, 1.82) is 0 Å². The lowest BCUT2D eigenvalue weighted by molar-refractivity contribution is -0.120. The third kappa shape index (κ3) is 1.67. The molecule has 1 aromatic heterocycles. The van der Waals surface area contributed by atoms with E-state index in [2.05, 4.69) is 4.98 Å². The van der Waals surface area contributed by atoms with Gasteiger partial charge in [-0.25, -0.2) is 4.79 Å². The van der Waals surface area contributed by atoms with Gasteiger partial charge in [0.25, 0.3) is 0 Å². The summed E-state index contributed by atoms with van der Waals surface area (Å²) in [6.45, 7) is 0.245. The molecule has 0 spiro atoms. The Morgan fingerprint density at radius 1 is 1.27 bits per heavy atom. The molecule has 4 rings (SSSR count). The van der Waals surface area contributed by atoms with Gasteiger partial charge in [-0.1, -0.05) is 18.2 Å². The molecule has 1 aliphatic carbocycles. The predicted molar refractivity (Wildman–Crippen MR) is 82.7 cm³/mol. The molecule has 2 aromatic rings. The normalized spacial score (nSPS) is 23.1. The highest BCUT2D eigenvalue weighted by molar-refractivity contribution is 6.00. The van der Waals surface area contributed by atoms with E-state index >= 15 is 0 Å². The van der Waals surface area contributed by atoms with Crippen LogP contribution in [0.15, 0.2) is 30.5 Å². The maximum absolute atomic E-state index is 11.8. The zero-order chi connectivity index (χ0) is 15.4. The summed E-state index contributed by atoms with van der Waals surface area (Å²) in [6, 6.07) is 5.34. The summed E-state index contributed by atoms with van der Waals surface area (Å²) >= 11 is 0. The molecule has 2 heterocycles. The third-order valence-electron chi connectivity index (χ3n) is 4.67. The molecule has 1 aromatic carbocycles. The number of amides is 3. The van der Waals surface area contributed by atoms with Crippen molar-refractivity contribution in [3.8, 4) is 0 Å². The van der Waals surface area contributed by atoms with E-state index in [0.29, 0.717) is 6.42 Å². The molecule has 5 N–H and O–H groups in total. The average molecular weight is 296 g/mol. The summed E-state index contributed by atoms with van der Waals surface area (Å²) in [4.78, 5) is 28.3. The Balaban J connectivity index is 1.95. The number of urea groups is 1. The highest BCUT2D eigenvalue weighted by Crippen LogP contribution is 2.41. The maximum atomic E-state index is 11.8. The van der Waals surface area contributed by atoms with Gasteiger partial charge in [-0.3, -0.25) is 4.79 Å². The quantitative estimate of drug-likeness (QED) is 0.729. The summed E-state index contributed by atoms with van der Waals surface area (Å²) in [5, 5.41) is 1.15. The van der Waals surface area contributed by atoms with Crippen LogP contribution in [-0.4, -0.2) is 34.4 Å². The average Bonchev–Trinajstić information content (AvgIpc) is 2.91. The second kappa shape index (κ2) is 4.37. The number of nitrogens with zero attached hydrogens (tertiary/aromatic N) is 1. The van der Waals surface area contributed by atoms with Gasteiger partial charge in [0.2, 0.25) is 5.91 Å². The molecular formula is C16H16N4O2. The van der Waals surface area contributed by atoms with E-state index in [1.54, 1.807) is 4.90 Å². The molecule has 1 aliphatic heterocycles. The highest BCUT2D eigenvalue weighted by atomic mass is 16.2. The van der Waals surface area contributed by atoms with E-state index in [4.69, 9.17) is 11.5 Å². The molecule has 0 radical (unpaired) electrons. The molecular weight excluding hydrogens is 280 g/mol. The van der Waals surface area contributed by atoms with Gasteiger partial charge in [-0.2, -0.15) is 0 Å². The topological polar surface area (TPSA) is 105 Å². The minimum absolute atomic E-state index is 0.137. The molecule has 22 heavy (non-hydrogen) atoms. The summed E-state index contributed by atoms with van der Waals surface area (Å²) in [5.74, 6) is -0.946. The fourth-order valence-electron chi connectivity index (χ4n) is 3.66. The SMILES string of the molecule is NC(=O)[C@@H]1C=C2c3cccc4[nH]cc(c34)C[C@H]2N(C(N)=O)C1. The fourth-order valence-corrected chi connectivity index (χ4v) is 3.66. The molecule has 6 nitrogen and oxygen atoms in total. The second-order valence-electron chi connectivity index (χ2n) is 5.88. The lowest BCUT2D eigenvalue weighted by atomic mass is 9.79. The van der Waals surface area contributed by atoms with Crippen LogP contribution in [0.5, 0.6) is 0 Å². The van der Waals surface area contributed by atoms with Gasteiger partial charge in [0.1, 0.15) is 0 Å². The van der Waals surface area contributed by atoms with Crippen LogP contribution >= 0.6 is 0 Å². The van der Waals surface area contributed by atoms with Crippen molar-refractivity contribution >= 4 is 28.4 Å². The number of benzene rings is 1. The van der Waals surface area contributed by atoms with Gasteiger partial charge >= 0.3 is 6.03 Å². The molecule has 2 atom stereocenters. The Hall–Kier alpha value is -2.76. The number of nitrogens with two attached hydrogens (primary N) is 2. The van der Waals surface area contributed by atoms with Crippen molar-refractivity contribution in [3.05, 3.63) is 41.6 Å². The largest absolute Gasteiger partial charge is 0.369 e. The van der Waals surface area contributed by atoms with Crippen LogP contribution in [0.2, 0.25) is 0 Å². The fraction of sp³-hybridized carbons (Fsp3) is 0.250. The number of hydrogen-bond acceptors (Lipinski definition) is 2. The van der Waals surface area contributed by atoms with Crippen LogP contribution in [0.4, 0.5) is 4.79 Å². The van der Waals surface area contributed by atoms with E-state index in [0.717, 1.165) is 27.6 Å². The smallest absolute Gasteiger partial charge is 0.315 e. The second-order valence-corrected chi connectivity index (χ2v) is 5.88. The Morgan fingerprint density at radius 3 is 2.82 bits per heavy atom. The van der Waals surface area contributed by atoms with Crippen molar-refractivity contribution < 1.29 is 9.59 Å². The van der Waals surface area contributed by atoms with E-state index in [-0.39, 0.29) is 12.6 Å². The first-order chi connectivity index (χ1) is 10.6. The summed E-state index contributed by atoms with van der Waals surface area (Å²) in [5.41, 5.74) is 15.2. The Kier molecular flexibility index (Phi) is 2.57. The van der Waals surface area contributed by atoms with E-state index in [1.807, 2.05) is 30.5 Å². The molecule has 0 fully saturated rings. The number of aromatic amines is 1. The van der Waals surface area contributed by atoms with Gasteiger partial charge in [0.15, 0.2) is 0 Å². The van der Waals surface area contributed by atoms with Crippen molar-refractivity contribution in [3.63, 3.8) is 0 Å². The molecule has 3 amide bonds. The van der Waals surface area contributed by atoms with Crippen LogP contribution in [0.3, 0.4) is 0 Å². The van der Waals surface area contributed by atoms with Crippen molar-refractivity contribution in [2.75, 3.05) is 6.54 Å². The van der Waals surface area contributed by atoms with Gasteiger partial charge in [0.05, 0.1) is 12.0 Å². The standard InChI is InChI=1S/C16H16N4O2/c17-15(21)9-4-11-10-2-1-3-12-14(10)8(6-19-12)5-13(11)20(7-9)16(18)22/h1-4,6,9,13,19H,5,7H2,(H2,17,21)(H2,18,22)/t9-,13-/m1/s1. The van der Waals surface area contributed by atoms with E-state index < -0.39 is 17.9 Å². The Bertz CT molecular complexity index is 836. The number of primary amides is 2. The zero-order valence-electron chi connectivity index (χ0n) is 11.9. The summed E-state index contributed by atoms with van der Waals surface area (Å²) in [6.07, 6.45) is 4.57. The lowest BCUT2D eigenvalue weighted by Gasteiger charge is -2.40. The van der Waals surface area contributed by atoms with Crippen molar-refractivity contribution in [2.45, 2.75) is 12.5 Å². The number of fused-ring (bicyclic) bond motifs is 2. The van der Waals surface area contributed by atoms with Crippen LogP contribution in [0.25, 0.3) is 16.5 Å². The van der Waals surface area contributed by atoms with Crippen LogP contribution in [0, 0.1) is 5.92 Å². The number of carbonyl (C=O) groups is 2. The van der Waals surface area contributed by atoms with E-state index in [1.165, 1.54) is 0 Å². The molecule has 0 unspecified atom stereocenters. The lowest BCUT2D eigenvalue weighted by Crippen LogP contribution is -2.52. The number of hydrogen-bond donors (Lipinski definition) is 3. The number of aromatic nitrogens is 1. The number of carbonyl (C=O) groups excluding carboxylic acids is 2. The molecule has 112 valence electrons. The Morgan fingerprint density at radius 2 is 2.09 bits per heavy atom. The maximum Gasteiger partial charge on any atom is 0.315 e. The Labute approximate surface area is 126 Å². The molecule has 0 saturated heterocycles. The first kappa shape index (κ1) is 12.9. The predicted octanol–water partition coefficient (Wildman–Crippen LogP) is 0.972. The number of rotatable bonds is 1. The van der Waals surface area contributed by atoms with Crippen molar-refractivity contribution in [2.24, 2.45) is 17.4 Å². The van der Waals surface area contributed by atoms with Crippen LogP contribution in [-0.2, 0) is 11.2 Å². The molecule has 2 aliphatic rings. The first-order valence-corrected chi connectivity index (χ1v) is 7.22. The highest BCUT2D eigenvalue weighted by Gasteiger charge is 2.38. The minimum atomic E-state index is -0.520. The van der Waals surface area contributed by atoms with Gasteiger partial charge in [0, 0.05) is 23.6 Å². The zero-order valence-corrected chi connectivity index (χ0v) is 11.9. The minimum Gasteiger partial charge on any atom is -0.369 e. The van der Waals surface area contributed by atoms with Crippen molar-refractivity contribution in [1.82, 2.24) is 9.88 Å². The summed E-state index contributed by atoms with van der Waals surface area (Å²) < 4.78 is 0. The molecule has 0 saturated carbocycles. The third-order valence-corrected chi connectivity index (χ3v) is 4.67. The number of nitrogens with one attached hydrogen (secondary N) is 1. The summed E-state index contributed by atoms with van der Waals surface area (Å²) in [7, 11) is 0. The van der Waals surface area contributed by atoms with Gasteiger partial charge in [-0.05, 0) is 29.2 Å². The van der Waals surface area contributed by atoms with Crippen LogP contribution in [0.1, 0.15) is 11.1 Å². The monoisotopic (exact) mass is 296 g/mol. The first-order valence-electron chi connectivity index (χ1n) is 7.22. The molecule has 6 heteroatoms. The van der Waals surface area contributed by atoms with Gasteiger partial charge in [-0.15, -0.1) is 0 Å². The van der Waals surface area contributed by atoms with E-state index in [9.17, 15) is 9.59 Å².